The first kappa shape index (κ1) is 17.9. The molecule has 0 aliphatic carbocycles. The van der Waals surface area contributed by atoms with Gasteiger partial charge in [-0.2, -0.15) is 0 Å². The summed E-state index contributed by atoms with van der Waals surface area (Å²) < 4.78 is 4.92. The summed E-state index contributed by atoms with van der Waals surface area (Å²) in [6.45, 7) is 8.20. The van der Waals surface area contributed by atoms with E-state index in [1.165, 1.54) is 18.3 Å². The fraction of sp³-hybridized carbons (Fsp3) is 0.529. The van der Waals surface area contributed by atoms with Gasteiger partial charge in [0, 0.05) is 24.7 Å². The maximum absolute atomic E-state index is 12.4. The van der Waals surface area contributed by atoms with Gasteiger partial charge >= 0.3 is 5.97 Å². The summed E-state index contributed by atoms with van der Waals surface area (Å²) in [5.74, 6) is -0.929. The van der Waals surface area contributed by atoms with E-state index in [1.54, 1.807) is 11.8 Å². The number of anilines is 1. The highest BCUT2D eigenvalue weighted by molar-refractivity contribution is 5.98. The average Bonchev–Trinajstić information content (AvgIpc) is 2.90. The SMILES string of the molecule is CCOC(=O)c1ccnc(NC(=O)C2CC(=O)N(C(C)(C)C)C2)c1. The molecule has 1 unspecified atom stereocenters. The molecule has 1 N–H and O–H groups in total. The van der Waals surface area contributed by atoms with Gasteiger partial charge in [-0.1, -0.05) is 0 Å². The molecule has 1 aliphatic heterocycles. The van der Waals surface area contributed by atoms with E-state index in [0.29, 0.717) is 12.1 Å². The van der Waals surface area contributed by atoms with Crippen LogP contribution >= 0.6 is 0 Å². The van der Waals surface area contributed by atoms with Gasteiger partial charge in [0.2, 0.25) is 11.8 Å². The van der Waals surface area contributed by atoms with Crippen molar-refractivity contribution in [2.24, 2.45) is 5.92 Å². The molecule has 7 nitrogen and oxygen atoms in total. The van der Waals surface area contributed by atoms with Crippen LogP contribution in [0.4, 0.5) is 5.82 Å². The van der Waals surface area contributed by atoms with E-state index in [2.05, 4.69) is 10.3 Å². The molecule has 0 spiro atoms. The van der Waals surface area contributed by atoms with Gasteiger partial charge < -0.3 is 15.0 Å². The van der Waals surface area contributed by atoms with Crippen molar-refractivity contribution < 1.29 is 19.1 Å². The van der Waals surface area contributed by atoms with E-state index in [9.17, 15) is 14.4 Å². The molecule has 2 heterocycles. The van der Waals surface area contributed by atoms with E-state index in [1.807, 2.05) is 20.8 Å². The number of esters is 1. The first-order valence-electron chi connectivity index (χ1n) is 7.97. The Labute approximate surface area is 141 Å². The summed E-state index contributed by atoms with van der Waals surface area (Å²) in [5.41, 5.74) is 0.00902. The number of hydrogen-bond donors (Lipinski definition) is 1. The van der Waals surface area contributed by atoms with Crippen molar-refractivity contribution in [1.82, 2.24) is 9.88 Å². The highest BCUT2D eigenvalue weighted by Gasteiger charge is 2.39. The molecule has 0 radical (unpaired) electrons. The number of likely N-dealkylation sites (tertiary alicyclic amines) is 1. The molecule has 0 aromatic carbocycles. The molecule has 0 bridgehead atoms. The lowest BCUT2D eigenvalue weighted by Gasteiger charge is -2.31. The van der Waals surface area contributed by atoms with Gasteiger partial charge in [0.05, 0.1) is 18.1 Å². The van der Waals surface area contributed by atoms with Gasteiger partial charge in [0.25, 0.3) is 0 Å². The van der Waals surface area contributed by atoms with Gasteiger partial charge in [-0.25, -0.2) is 9.78 Å². The Morgan fingerprint density at radius 1 is 1.42 bits per heavy atom. The maximum atomic E-state index is 12.4. The lowest BCUT2D eigenvalue weighted by molar-refractivity contribution is -0.131. The van der Waals surface area contributed by atoms with Gasteiger partial charge in [0.1, 0.15) is 5.82 Å². The van der Waals surface area contributed by atoms with Crippen LogP contribution in [0.3, 0.4) is 0 Å². The predicted octanol–water partition coefficient (Wildman–Crippen LogP) is 1.84. The van der Waals surface area contributed by atoms with Gasteiger partial charge in [-0.15, -0.1) is 0 Å². The molecule has 1 saturated heterocycles. The third-order valence-electron chi connectivity index (χ3n) is 3.83. The first-order chi connectivity index (χ1) is 11.2. The van der Waals surface area contributed by atoms with Crippen LogP contribution in [0.25, 0.3) is 0 Å². The first-order valence-corrected chi connectivity index (χ1v) is 7.97. The topological polar surface area (TPSA) is 88.6 Å². The zero-order valence-electron chi connectivity index (χ0n) is 14.5. The zero-order valence-corrected chi connectivity index (χ0v) is 14.5. The number of pyridine rings is 1. The predicted molar refractivity (Wildman–Crippen MR) is 88.4 cm³/mol. The molecular formula is C17H23N3O4. The number of nitrogens with one attached hydrogen (secondary N) is 1. The van der Waals surface area contributed by atoms with Crippen molar-refractivity contribution in [3.63, 3.8) is 0 Å². The number of carbonyl (C=O) groups excluding carboxylic acids is 3. The molecule has 130 valence electrons. The third kappa shape index (κ3) is 4.10. The standard InChI is InChI=1S/C17H23N3O4/c1-5-24-16(23)11-6-7-18-13(8-11)19-15(22)12-9-14(21)20(10-12)17(2,3)4/h6-8,12H,5,9-10H2,1-4H3,(H,18,19,22). The summed E-state index contributed by atoms with van der Waals surface area (Å²) in [6, 6.07) is 2.99. The second-order valence-electron chi connectivity index (χ2n) is 6.72. The zero-order chi connectivity index (χ0) is 17.9. The molecule has 24 heavy (non-hydrogen) atoms. The monoisotopic (exact) mass is 333 g/mol. The van der Waals surface area contributed by atoms with Crippen LogP contribution in [0.1, 0.15) is 44.5 Å². The second kappa shape index (κ2) is 6.98. The van der Waals surface area contributed by atoms with Crippen molar-refractivity contribution in [1.29, 1.82) is 0 Å². The van der Waals surface area contributed by atoms with Crippen LogP contribution < -0.4 is 5.32 Å². The van der Waals surface area contributed by atoms with Crippen LogP contribution in [0.2, 0.25) is 0 Å². The smallest absolute Gasteiger partial charge is 0.338 e. The Bertz CT molecular complexity index is 651. The molecule has 1 aromatic rings. The number of nitrogens with zero attached hydrogens (tertiary/aromatic N) is 2. The third-order valence-corrected chi connectivity index (χ3v) is 3.83. The summed E-state index contributed by atoms with van der Waals surface area (Å²) in [4.78, 5) is 41.9. The lowest BCUT2D eigenvalue weighted by atomic mass is 10.1. The average molecular weight is 333 g/mol. The molecule has 1 atom stereocenters. The molecule has 2 rings (SSSR count). The van der Waals surface area contributed by atoms with Crippen LogP contribution in [-0.4, -0.2) is 46.4 Å². The Morgan fingerprint density at radius 2 is 2.12 bits per heavy atom. The lowest BCUT2D eigenvalue weighted by Crippen LogP contribution is -2.42. The molecule has 7 heteroatoms. The van der Waals surface area contributed by atoms with E-state index in [4.69, 9.17) is 4.74 Å². The molecule has 1 aromatic heterocycles. The minimum absolute atomic E-state index is 0.0316. The quantitative estimate of drug-likeness (QED) is 0.849. The van der Waals surface area contributed by atoms with Gasteiger partial charge in [-0.3, -0.25) is 9.59 Å². The molecule has 2 amide bonds. The molecule has 1 aliphatic rings. The number of aromatic nitrogens is 1. The molecule has 0 saturated carbocycles. The van der Waals surface area contributed by atoms with Gasteiger partial charge in [0.15, 0.2) is 0 Å². The van der Waals surface area contributed by atoms with Crippen LogP contribution in [-0.2, 0) is 14.3 Å². The molecule has 1 fully saturated rings. The van der Waals surface area contributed by atoms with Crippen molar-refractivity contribution in [3.8, 4) is 0 Å². The van der Waals surface area contributed by atoms with Crippen LogP contribution in [0.5, 0.6) is 0 Å². The van der Waals surface area contributed by atoms with E-state index < -0.39 is 11.9 Å². The highest BCUT2D eigenvalue weighted by Crippen LogP contribution is 2.26. The van der Waals surface area contributed by atoms with Crippen molar-refractivity contribution in [3.05, 3.63) is 23.9 Å². The Balaban J connectivity index is 2.04. The summed E-state index contributed by atoms with van der Waals surface area (Å²) >= 11 is 0. The highest BCUT2D eigenvalue weighted by atomic mass is 16.5. The van der Waals surface area contributed by atoms with Crippen LogP contribution in [0, 0.1) is 5.92 Å². The minimum atomic E-state index is -0.467. The number of carbonyl (C=O) groups is 3. The van der Waals surface area contributed by atoms with Gasteiger partial charge in [-0.05, 0) is 39.8 Å². The van der Waals surface area contributed by atoms with E-state index in [-0.39, 0.29) is 36.2 Å². The van der Waals surface area contributed by atoms with Crippen molar-refractivity contribution >= 4 is 23.6 Å². The largest absolute Gasteiger partial charge is 0.462 e. The Hall–Kier alpha value is -2.44. The Morgan fingerprint density at radius 3 is 2.71 bits per heavy atom. The van der Waals surface area contributed by atoms with Crippen molar-refractivity contribution in [2.45, 2.75) is 39.7 Å². The van der Waals surface area contributed by atoms with Crippen LogP contribution in [0.15, 0.2) is 18.3 Å². The summed E-state index contributed by atoms with van der Waals surface area (Å²) in [6.07, 6.45) is 1.61. The fourth-order valence-electron chi connectivity index (χ4n) is 2.60. The normalized spacial score (nSPS) is 17.8. The van der Waals surface area contributed by atoms with E-state index in [0.717, 1.165) is 0 Å². The van der Waals surface area contributed by atoms with Crippen molar-refractivity contribution in [2.75, 3.05) is 18.5 Å². The Kier molecular flexibility index (Phi) is 5.21. The maximum Gasteiger partial charge on any atom is 0.338 e. The number of rotatable bonds is 4. The minimum Gasteiger partial charge on any atom is -0.462 e. The summed E-state index contributed by atoms with van der Waals surface area (Å²) in [7, 11) is 0. The number of amides is 2. The van der Waals surface area contributed by atoms with E-state index >= 15 is 0 Å². The summed E-state index contributed by atoms with van der Waals surface area (Å²) in [5, 5.41) is 2.68. The molecular weight excluding hydrogens is 310 g/mol. The number of hydrogen-bond acceptors (Lipinski definition) is 5. The number of ether oxygens (including phenoxy) is 1. The second-order valence-corrected chi connectivity index (χ2v) is 6.72. The fourth-order valence-corrected chi connectivity index (χ4v) is 2.60.